The van der Waals surface area contributed by atoms with Crippen molar-refractivity contribution in [2.24, 2.45) is 0 Å². The van der Waals surface area contributed by atoms with Crippen LogP contribution in [0, 0.1) is 0 Å². The van der Waals surface area contributed by atoms with Crippen LogP contribution in [0.3, 0.4) is 0 Å². The van der Waals surface area contributed by atoms with E-state index in [9.17, 15) is 14.4 Å². The molecule has 0 aliphatic rings. The molecule has 0 fully saturated rings. The van der Waals surface area contributed by atoms with E-state index in [1.165, 1.54) is 0 Å². The largest absolute Gasteiger partial charge is 0.466 e. The summed E-state index contributed by atoms with van der Waals surface area (Å²) < 4.78 is 18.3. The lowest BCUT2D eigenvalue weighted by molar-refractivity contribution is -0.659. The topological polar surface area (TPSA) is 107 Å². The minimum Gasteiger partial charge on any atom is -0.466 e. The summed E-state index contributed by atoms with van der Waals surface area (Å²) in [4.78, 5) is 38.0. The molecular formula is C41H38N3O6+. The Labute approximate surface area is 290 Å². The third kappa shape index (κ3) is 8.43. The van der Waals surface area contributed by atoms with E-state index in [1.807, 2.05) is 127 Å². The molecule has 0 saturated carbocycles. The highest BCUT2D eigenvalue weighted by Crippen LogP contribution is 2.34. The Morgan fingerprint density at radius 1 is 0.600 bits per heavy atom. The Bertz CT molecular complexity index is 2100. The number of benzene rings is 5. The third-order valence-corrected chi connectivity index (χ3v) is 8.16. The molecule has 1 heterocycles. The third-order valence-electron chi connectivity index (χ3n) is 8.16. The highest BCUT2D eigenvalue weighted by Gasteiger charge is 2.25. The molecule has 0 atom stereocenters. The molecule has 0 radical (unpaired) electrons. The summed E-state index contributed by atoms with van der Waals surface area (Å²) in [5.41, 5.74) is 5.60. The van der Waals surface area contributed by atoms with Crippen molar-refractivity contribution in [2.45, 2.75) is 39.5 Å². The van der Waals surface area contributed by atoms with Crippen molar-refractivity contribution in [1.82, 2.24) is 0 Å². The number of hydrogen-bond acceptors (Lipinski definition) is 6. The first-order valence-corrected chi connectivity index (χ1v) is 16.6. The summed E-state index contributed by atoms with van der Waals surface area (Å²) in [5, 5.41) is 8.52. The van der Waals surface area contributed by atoms with Gasteiger partial charge in [0, 0.05) is 29.1 Å². The zero-order chi connectivity index (χ0) is 34.7. The first-order chi connectivity index (χ1) is 24.5. The van der Waals surface area contributed by atoms with E-state index < -0.39 is 12.2 Å². The van der Waals surface area contributed by atoms with Gasteiger partial charge in [0.25, 0.3) is 0 Å². The Morgan fingerprint density at radius 2 is 1.14 bits per heavy atom. The second kappa shape index (κ2) is 16.3. The molecule has 2 N–H and O–H groups in total. The van der Waals surface area contributed by atoms with Gasteiger partial charge in [-0.05, 0) is 54.4 Å². The van der Waals surface area contributed by atoms with Gasteiger partial charge in [0.2, 0.25) is 11.2 Å². The molecule has 0 saturated heterocycles. The number of anilines is 2. The second-order valence-electron chi connectivity index (χ2n) is 11.6. The predicted molar refractivity (Wildman–Crippen MR) is 193 cm³/mol. The normalized spacial score (nSPS) is 10.8. The van der Waals surface area contributed by atoms with Gasteiger partial charge >= 0.3 is 18.2 Å². The molecule has 5 aromatic carbocycles. The number of ether oxygens (including phenoxy) is 3. The highest BCUT2D eigenvalue weighted by molar-refractivity contribution is 6.11. The van der Waals surface area contributed by atoms with Gasteiger partial charge < -0.3 is 14.2 Å². The summed E-state index contributed by atoms with van der Waals surface area (Å²) in [5.74, 6) is -0.261. The van der Waals surface area contributed by atoms with Gasteiger partial charge in [0.15, 0.2) is 0 Å². The maximum absolute atomic E-state index is 12.8. The molecule has 9 nitrogen and oxygen atoms in total. The number of pyridine rings is 1. The average Bonchev–Trinajstić information content (AvgIpc) is 3.14. The van der Waals surface area contributed by atoms with Crippen molar-refractivity contribution in [1.29, 1.82) is 0 Å². The number of esters is 1. The van der Waals surface area contributed by atoms with Gasteiger partial charge in [-0.25, -0.2) is 9.59 Å². The van der Waals surface area contributed by atoms with E-state index in [2.05, 4.69) is 15.2 Å². The van der Waals surface area contributed by atoms with Crippen molar-refractivity contribution in [3.63, 3.8) is 0 Å². The van der Waals surface area contributed by atoms with Gasteiger partial charge in [-0.1, -0.05) is 84.9 Å². The van der Waals surface area contributed by atoms with Crippen LogP contribution in [-0.4, -0.2) is 24.8 Å². The van der Waals surface area contributed by atoms with Gasteiger partial charge in [-0.2, -0.15) is 4.57 Å². The zero-order valence-electron chi connectivity index (χ0n) is 27.8. The summed E-state index contributed by atoms with van der Waals surface area (Å²) in [6, 6.07) is 40.4. The van der Waals surface area contributed by atoms with Crippen LogP contribution in [0.4, 0.5) is 21.0 Å². The molecule has 2 amide bonds. The number of carbonyl (C=O) groups is 3. The number of aromatic nitrogens is 1. The van der Waals surface area contributed by atoms with Gasteiger partial charge in [-0.15, -0.1) is 0 Å². The average molecular weight is 669 g/mol. The Balaban J connectivity index is 1.38. The molecule has 6 rings (SSSR count). The molecule has 0 aliphatic carbocycles. The monoisotopic (exact) mass is 668 g/mol. The number of amides is 2. The van der Waals surface area contributed by atoms with Crippen molar-refractivity contribution >= 4 is 51.2 Å². The van der Waals surface area contributed by atoms with E-state index in [-0.39, 0.29) is 25.6 Å². The minimum absolute atomic E-state index is 0.146. The smallest absolute Gasteiger partial charge is 0.411 e. The first kappa shape index (κ1) is 33.7. The Kier molecular flexibility index (Phi) is 10.9. The molecule has 1 aromatic heterocycles. The standard InChI is InChI=1S/C41H37N3O6/c1-2-48-38(45)19-12-24-44-37-26-33(43-41(47)50-28-30-15-8-4-9-16-30)21-23-35(37)34-22-20-32(25-36(34)39(44)31-17-10-5-11-18-31)42-40(46)49-27-29-13-6-3-7-14-29/h3-11,13-18,20-23,25-26H,2,12,19,24,27-28H2,1H3,(H,42,46)/p+1. The van der Waals surface area contributed by atoms with Crippen molar-refractivity contribution in [2.75, 3.05) is 17.2 Å². The zero-order valence-corrected chi connectivity index (χ0v) is 27.8. The molecule has 6 aromatic rings. The first-order valence-electron chi connectivity index (χ1n) is 16.6. The molecule has 0 spiro atoms. The number of hydrogen-bond donors (Lipinski definition) is 2. The van der Waals surface area contributed by atoms with E-state index >= 15 is 0 Å². The summed E-state index contributed by atoms with van der Waals surface area (Å²) >= 11 is 0. The van der Waals surface area contributed by atoms with E-state index in [1.54, 1.807) is 6.92 Å². The summed E-state index contributed by atoms with van der Waals surface area (Å²) in [6.07, 6.45) is -0.370. The van der Waals surface area contributed by atoms with E-state index in [4.69, 9.17) is 14.2 Å². The van der Waals surface area contributed by atoms with E-state index in [0.717, 1.165) is 44.1 Å². The highest BCUT2D eigenvalue weighted by atomic mass is 16.6. The predicted octanol–water partition coefficient (Wildman–Crippen LogP) is 8.79. The quantitative estimate of drug-likeness (QED) is 0.0584. The summed E-state index contributed by atoms with van der Waals surface area (Å²) in [7, 11) is 0. The number of carbonyl (C=O) groups excluding carboxylic acids is 3. The van der Waals surface area contributed by atoms with Crippen molar-refractivity contribution in [3.05, 3.63) is 139 Å². The fraction of sp³-hybridized carbons (Fsp3) is 0.171. The number of nitrogens with one attached hydrogen (secondary N) is 2. The Morgan fingerprint density at radius 3 is 1.72 bits per heavy atom. The molecule has 9 heteroatoms. The van der Waals surface area contributed by atoms with Crippen LogP contribution in [0.25, 0.3) is 32.9 Å². The van der Waals surface area contributed by atoms with Crippen LogP contribution in [0.15, 0.2) is 127 Å². The lowest BCUT2D eigenvalue weighted by Gasteiger charge is -2.15. The molecule has 252 valence electrons. The van der Waals surface area contributed by atoms with Crippen molar-refractivity contribution < 1.29 is 33.2 Å². The fourth-order valence-electron chi connectivity index (χ4n) is 5.89. The lowest BCUT2D eigenvalue weighted by atomic mass is 9.98. The molecule has 0 unspecified atom stereocenters. The molecular weight excluding hydrogens is 630 g/mol. The van der Waals surface area contributed by atoms with Crippen LogP contribution in [0.2, 0.25) is 0 Å². The fourth-order valence-corrected chi connectivity index (χ4v) is 5.89. The second-order valence-corrected chi connectivity index (χ2v) is 11.6. The maximum Gasteiger partial charge on any atom is 0.411 e. The minimum atomic E-state index is -0.569. The van der Waals surface area contributed by atoms with Crippen LogP contribution < -0.4 is 15.2 Å². The van der Waals surface area contributed by atoms with Gasteiger partial charge in [0.05, 0.1) is 29.5 Å². The van der Waals surface area contributed by atoms with E-state index in [0.29, 0.717) is 30.9 Å². The number of aryl methyl sites for hydroxylation is 1. The van der Waals surface area contributed by atoms with Crippen LogP contribution in [-0.2, 0) is 38.8 Å². The number of fused-ring (bicyclic) bond motifs is 3. The van der Waals surface area contributed by atoms with Crippen LogP contribution >= 0.6 is 0 Å². The van der Waals surface area contributed by atoms with Gasteiger partial charge in [-0.3, -0.25) is 15.4 Å². The molecule has 0 aliphatic heterocycles. The van der Waals surface area contributed by atoms with Crippen molar-refractivity contribution in [3.8, 4) is 11.3 Å². The Hall–Kier alpha value is -6.22. The van der Waals surface area contributed by atoms with Crippen LogP contribution in [0.5, 0.6) is 0 Å². The van der Waals surface area contributed by atoms with Gasteiger partial charge in [0.1, 0.15) is 19.8 Å². The molecule has 50 heavy (non-hydrogen) atoms. The number of rotatable bonds is 12. The molecule has 0 bridgehead atoms. The van der Waals surface area contributed by atoms with Crippen LogP contribution in [0.1, 0.15) is 30.9 Å². The number of nitrogens with zero attached hydrogens (tertiary/aromatic N) is 1. The lowest BCUT2D eigenvalue weighted by Crippen LogP contribution is -2.38. The maximum atomic E-state index is 12.8. The summed E-state index contributed by atoms with van der Waals surface area (Å²) in [6.45, 7) is 2.89. The SMILES string of the molecule is CCOC(=O)CCC[n+]1c(-c2ccccc2)c2cc(NC(=O)OCc3ccccc3)ccc2c2ccc(NC(=O)OCc3ccccc3)cc21.